The highest BCUT2D eigenvalue weighted by atomic mass is 32.1. The molecule has 0 aliphatic heterocycles. The third-order valence-electron chi connectivity index (χ3n) is 12.1. The highest BCUT2D eigenvalue weighted by Gasteiger charge is 2.26. The molecular formula is C50H25N3OS. The second-order valence-electron chi connectivity index (χ2n) is 14.8. The lowest BCUT2D eigenvalue weighted by atomic mass is 9.97. The molecule has 0 saturated heterocycles. The SMILES string of the molecule is c1ccc2c(c1)oc1cc(-c3nc(-n4c5cccc6c7ccccc7c7ccc8c9ccccc9c9cc4c(c7c89)c65)nc4c3sc3ccccc34)ccc12. The minimum atomic E-state index is 0.664. The molecule has 0 radical (unpaired) electrons. The predicted molar refractivity (Wildman–Crippen MR) is 232 cm³/mol. The van der Waals surface area contributed by atoms with Crippen molar-refractivity contribution >= 4 is 129 Å². The van der Waals surface area contributed by atoms with Crippen LogP contribution in [-0.4, -0.2) is 14.5 Å². The minimum absolute atomic E-state index is 0.664. The van der Waals surface area contributed by atoms with E-state index in [-0.39, 0.29) is 0 Å². The van der Waals surface area contributed by atoms with Crippen molar-refractivity contribution in [3.8, 4) is 17.2 Å². The molecule has 0 atom stereocenters. The number of hydrogen-bond acceptors (Lipinski definition) is 4. The molecule has 0 unspecified atom stereocenters. The third kappa shape index (κ3) is 3.48. The zero-order valence-corrected chi connectivity index (χ0v) is 29.9. The van der Waals surface area contributed by atoms with Crippen LogP contribution in [0.2, 0.25) is 0 Å². The Morgan fingerprint density at radius 2 is 1.04 bits per heavy atom. The molecule has 4 aromatic heterocycles. The second-order valence-corrected chi connectivity index (χ2v) is 15.9. The quantitative estimate of drug-likeness (QED) is 0.179. The number of fused-ring (bicyclic) bond motifs is 12. The van der Waals surface area contributed by atoms with E-state index in [1.165, 1.54) is 69.3 Å². The Morgan fingerprint density at radius 1 is 0.418 bits per heavy atom. The van der Waals surface area contributed by atoms with E-state index >= 15 is 0 Å². The van der Waals surface area contributed by atoms with Gasteiger partial charge >= 0.3 is 0 Å². The van der Waals surface area contributed by atoms with Crippen LogP contribution in [0.1, 0.15) is 0 Å². The zero-order chi connectivity index (χ0) is 35.5. The number of aromatic nitrogens is 3. The third-order valence-corrected chi connectivity index (χ3v) is 13.3. The first-order valence-corrected chi connectivity index (χ1v) is 19.5. The van der Waals surface area contributed by atoms with E-state index in [1.54, 1.807) is 11.3 Å². The van der Waals surface area contributed by atoms with Crippen LogP contribution in [0, 0.1) is 0 Å². The molecule has 252 valence electrons. The molecule has 0 N–H and O–H groups in total. The Hall–Kier alpha value is -7.08. The molecule has 0 fully saturated rings. The molecule has 14 rings (SSSR count). The van der Waals surface area contributed by atoms with Crippen molar-refractivity contribution in [2.45, 2.75) is 0 Å². The summed E-state index contributed by atoms with van der Waals surface area (Å²) in [5.74, 6) is 0.664. The summed E-state index contributed by atoms with van der Waals surface area (Å²) in [5.41, 5.74) is 6.84. The van der Waals surface area contributed by atoms with Gasteiger partial charge in [0.25, 0.3) is 0 Å². The maximum absolute atomic E-state index is 6.42. The van der Waals surface area contributed by atoms with Crippen LogP contribution in [0.5, 0.6) is 0 Å². The Balaban J connectivity index is 1.19. The van der Waals surface area contributed by atoms with E-state index in [0.29, 0.717) is 5.95 Å². The highest BCUT2D eigenvalue weighted by molar-refractivity contribution is 7.26. The number of rotatable bonds is 2. The number of para-hydroxylation sites is 1. The molecular weight excluding hydrogens is 691 g/mol. The van der Waals surface area contributed by atoms with Crippen molar-refractivity contribution in [3.63, 3.8) is 0 Å². The fraction of sp³-hybridized carbons (Fsp3) is 0. The molecule has 0 amide bonds. The van der Waals surface area contributed by atoms with Crippen LogP contribution in [0.15, 0.2) is 156 Å². The van der Waals surface area contributed by atoms with E-state index in [4.69, 9.17) is 14.4 Å². The van der Waals surface area contributed by atoms with Gasteiger partial charge in [-0.1, -0.05) is 115 Å². The van der Waals surface area contributed by atoms with E-state index < -0.39 is 0 Å². The molecule has 10 aromatic carbocycles. The Bertz CT molecular complexity index is 3960. The van der Waals surface area contributed by atoms with Crippen molar-refractivity contribution in [1.29, 1.82) is 0 Å². The summed E-state index contributed by atoms with van der Waals surface area (Å²) in [6.07, 6.45) is 0. The zero-order valence-electron chi connectivity index (χ0n) is 29.1. The number of benzene rings is 8. The number of hydrogen-bond donors (Lipinski definition) is 0. The lowest BCUT2D eigenvalue weighted by Crippen LogP contribution is -2.02. The van der Waals surface area contributed by atoms with E-state index in [9.17, 15) is 0 Å². The predicted octanol–water partition coefficient (Wildman–Crippen LogP) is 14.1. The number of thiophene rings is 1. The molecule has 0 aliphatic carbocycles. The molecule has 0 spiro atoms. The summed E-state index contributed by atoms with van der Waals surface area (Å²) in [6, 6.07) is 55.0. The maximum Gasteiger partial charge on any atom is 0.235 e. The summed E-state index contributed by atoms with van der Waals surface area (Å²) in [6.45, 7) is 0. The van der Waals surface area contributed by atoms with Gasteiger partial charge in [0.2, 0.25) is 5.95 Å². The molecule has 4 nitrogen and oxygen atoms in total. The standard InChI is InChI=1S/C50H25N3OS/c1-2-11-28-27(10-1)33-16-9-17-38-44(33)46-39(25-37-30-13-4-3-12-29(30)34-22-23-35(28)45(46)43(34)37)53(38)50-51-47(49-48(52-50)36-15-6-8-19-42(36)55-49)26-20-21-32-31-14-5-7-18-40(31)54-41(32)24-26/h1-25H. The summed E-state index contributed by atoms with van der Waals surface area (Å²) >= 11 is 1.75. The maximum atomic E-state index is 6.42. The smallest absolute Gasteiger partial charge is 0.235 e. The van der Waals surface area contributed by atoms with E-state index in [2.05, 4.69) is 144 Å². The van der Waals surface area contributed by atoms with Crippen molar-refractivity contribution in [1.82, 2.24) is 14.5 Å². The fourth-order valence-electron chi connectivity index (χ4n) is 9.85. The first kappa shape index (κ1) is 28.4. The van der Waals surface area contributed by atoms with Crippen LogP contribution in [-0.2, 0) is 0 Å². The normalized spacial score (nSPS) is 12.7. The average molecular weight is 716 g/mol. The van der Waals surface area contributed by atoms with Crippen molar-refractivity contribution < 1.29 is 4.42 Å². The monoisotopic (exact) mass is 715 g/mol. The van der Waals surface area contributed by atoms with Gasteiger partial charge in [0.05, 0.1) is 26.9 Å². The molecule has 14 aromatic rings. The lowest BCUT2D eigenvalue weighted by Gasteiger charge is -2.11. The summed E-state index contributed by atoms with van der Waals surface area (Å²) in [5, 5.41) is 18.6. The van der Waals surface area contributed by atoms with Crippen LogP contribution in [0.3, 0.4) is 0 Å². The van der Waals surface area contributed by atoms with Gasteiger partial charge < -0.3 is 4.42 Å². The lowest BCUT2D eigenvalue weighted by molar-refractivity contribution is 0.669. The van der Waals surface area contributed by atoms with E-state index in [0.717, 1.165) is 59.8 Å². The topological polar surface area (TPSA) is 43.9 Å². The van der Waals surface area contributed by atoms with Crippen molar-refractivity contribution in [3.05, 3.63) is 152 Å². The molecule has 5 heteroatoms. The van der Waals surface area contributed by atoms with Crippen LogP contribution in [0.25, 0.3) is 135 Å². The minimum Gasteiger partial charge on any atom is -0.456 e. The first-order chi connectivity index (χ1) is 27.3. The summed E-state index contributed by atoms with van der Waals surface area (Å²) < 4.78 is 11.0. The molecule has 0 saturated carbocycles. The Morgan fingerprint density at radius 3 is 1.84 bits per heavy atom. The van der Waals surface area contributed by atoms with Crippen molar-refractivity contribution in [2.75, 3.05) is 0 Å². The van der Waals surface area contributed by atoms with Gasteiger partial charge in [-0.15, -0.1) is 11.3 Å². The first-order valence-electron chi connectivity index (χ1n) is 18.7. The van der Waals surface area contributed by atoms with E-state index in [1.807, 2.05) is 12.1 Å². The Labute approximate surface area is 315 Å². The molecule has 55 heavy (non-hydrogen) atoms. The van der Waals surface area contributed by atoms with Gasteiger partial charge in [-0.2, -0.15) is 0 Å². The second kappa shape index (κ2) is 9.91. The van der Waals surface area contributed by atoms with Crippen molar-refractivity contribution in [2.24, 2.45) is 0 Å². The number of furan rings is 1. The molecule has 0 aliphatic rings. The number of nitrogens with zero attached hydrogens (tertiary/aromatic N) is 3. The van der Waals surface area contributed by atoms with Gasteiger partial charge in [0.1, 0.15) is 11.2 Å². The highest BCUT2D eigenvalue weighted by Crippen LogP contribution is 2.50. The van der Waals surface area contributed by atoms with Gasteiger partial charge in [-0.3, -0.25) is 4.57 Å². The van der Waals surface area contributed by atoms with Gasteiger partial charge in [-0.25, -0.2) is 9.97 Å². The van der Waals surface area contributed by atoms with Gasteiger partial charge in [0.15, 0.2) is 0 Å². The fourth-order valence-corrected chi connectivity index (χ4v) is 11.0. The Kier molecular flexibility index (Phi) is 5.12. The molecule has 0 bridgehead atoms. The summed E-state index contributed by atoms with van der Waals surface area (Å²) in [4.78, 5) is 11.1. The summed E-state index contributed by atoms with van der Waals surface area (Å²) in [7, 11) is 0. The largest absolute Gasteiger partial charge is 0.456 e. The average Bonchev–Trinajstić information content (AvgIpc) is 3.97. The van der Waals surface area contributed by atoms with Gasteiger partial charge in [-0.05, 0) is 84.9 Å². The van der Waals surface area contributed by atoms with Crippen LogP contribution >= 0.6 is 11.3 Å². The van der Waals surface area contributed by atoms with Crippen LogP contribution in [0.4, 0.5) is 0 Å². The molecule has 4 heterocycles. The van der Waals surface area contributed by atoms with Gasteiger partial charge in [0, 0.05) is 42.6 Å². The van der Waals surface area contributed by atoms with Crippen LogP contribution < -0.4 is 0 Å².